The summed E-state index contributed by atoms with van der Waals surface area (Å²) < 4.78 is 27.3. The molecule has 4 atom stereocenters. The average Bonchev–Trinajstić information content (AvgIpc) is 3.25. The molecule has 0 N–H and O–H groups in total. The highest BCUT2D eigenvalue weighted by molar-refractivity contribution is 9.11. The quantitative estimate of drug-likeness (QED) is 0.0569. The molecule has 4 unspecified atom stereocenters. The summed E-state index contributed by atoms with van der Waals surface area (Å²) in [7, 11) is 0. The lowest BCUT2D eigenvalue weighted by atomic mass is 10.0. The number of hydrogen-bond acceptors (Lipinski definition) is 4. The molecule has 4 aromatic rings. The van der Waals surface area contributed by atoms with E-state index in [1.807, 2.05) is 0 Å². The molecule has 4 aromatic carbocycles. The van der Waals surface area contributed by atoms with E-state index in [0.717, 1.165) is 92.8 Å². The zero-order valence-corrected chi connectivity index (χ0v) is 40.8. The molecule has 0 bridgehead atoms. The largest absolute Gasteiger partial charge is 0.493 e. The predicted octanol–water partition coefficient (Wildman–Crippen LogP) is 17.6. The van der Waals surface area contributed by atoms with Gasteiger partial charge in [-0.1, -0.05) is 157 Å². The van der Waals surface area contributed by atoms with Crippen molar-refractivity contribution in [3.05, 3.63) is 69.6 Å². The van der Waals surface area contributed by atoms with Crippen molar-refractivity contribution >= 4 is 53.4 Å². The normalized spacial score (nSPS) is 13.4. The number of rotatable bonds is 28. The lowest BCUT2D eigenvalue weighted by Gasteiger charge is -2.20. The molecule has 0 aliphatic heterocycles. The first-order valence-corrected chi connectivity index (χ1v) is 24.8. The van der Waals surface area contributed by atoms with E-state index in [1.165, 1.54) is 89.9 Å². The molecule has 0 spiro atoms. The van der Waals surface area contributed by atoms with E-state index in [4.69, 9.17) is 18.9 Å². The van der Waals surface area contributed by atoms with Gasteiger partial charge < -0.3 is 18.9 Å². The topological polar surface area (TPSA) is 36.9 Å². The fourth-order valence-electron chi connectivity index (χ4n) is 7.50. The maximum absolute atomic E-state index is 6.38. The maximum atomic E-state index is 6.38. The summed E-state index contributed by atoms with van der Waals surface area (Å²) in [5.74, 6) is 6.30. The highest BCUT2D eigenvalue weighted by atomic mass is 79.9. The number of unbranched alkanes of at least 4 members (excludes halogenated alkanes) is 4. The molecule has 0 fully saturated rings. The highest BCUT2D eigenvalue weighted by Gasteiger charge is 2.18. The van der Waals surface area contributed by atoms with Crippen LogP contribution in [0.2, 0.25) is 0 Å². The number of fused-ring (bicyclic) bond motifs is 2. The molecule has 0 aliphatic carbocycles. The third-order valence-electron chi connectivity index (χ3n) is 11.9. The Morgan fingerprint density at radius 3 is 0.983 bits per heavy atom. The van der Waals surface area contributed by atoms with Crippen molar-refractivity contribution in [2.75, 3.05) is 26.4 Å². The predicted molar refractivity (Wildman–Crippen MR) is 258 cm³/mol. The van der Waals surface area contributed by atoms with E-state index in [1.54, 1.807) is 0 Å². The minimum absolute atomic E-state index is 0.599. The van der Waals surface area contributed by atoms with Crippen molar-refractivity contribution in [1.82, 2.24) is 0 Å². The van der Waals surface area contributed by atoms with Crippen molar-refractivity contribution in [1.29, 1.82) is 0 Å². The molecule has 4 nitrogen and oxygen atoms in total. The molecule has 0 heterocycles. The summed E-state index contributed by atoms with van der Waals surface area (Å²) in [6.45, 7) is 21.2. The van der Waals surface area contributed by atoms with Crippen LogP contribution in [0.15, 0.2) is 69.6 Å². The van der Waals surface area contributed by atoms with E-state index in [2.05, 4.69) is 148 Å². The first-order valence-electron chi connectivity index (χ1n) is 23.2. The Bertz CT molecular complexity index is 1580. The molecular formula is C52H78Br2O4. The van der Waals surface area contributed by atoms with Crippen LogP contribution in [0, 0.1) is 23.7 Å². The van der Waals surface area contributed by atoms with Gasteiger partial charge in [-0.2, -0.15) is 0 Å². The first kappa shape index (κ1) is 49.9. The molecular weight excluding hydrogens is 848 g/mol. The number of ether oxygens (including phenoxy) is 4. The Morgan fingerprint density at radius 1 is 0.379 bits per heavy atom. The van der Waals surface area contributed by atoms with Gasteiger partial charge in [0.1, 0.15) is 23.0 Å². The van der Waals surface area contributed by atoms with Crippen LogP contribution in [-0.2, 0) is 0 Å². The molecule has 4 rings (SSSR count). The van der Waals surface area contributed by atoms with E-state index in [0.29, 0.717) is 23.7 Å². The fraction of sp³-hybridized carbons (Fsp3) is 0.615. The van der Waals surface area contributed by atoms with Crippen molar-refractivity contribution in [2.24, 2.45) is 23.7 Å². The third-order valence-corrected chi connectivity index (χ3v) is 13.1. The third kappa shape index (κ3) is 16.2. The summed E-state index contributed by atoms with van der Waals surface area (Å²) >= 11 is 7.42. The van der Waals surface area contributed by atoms with Crippen LogP contribution < -0.4 is 18.9 Å². The van der Waals surface area contributed by atoms with E-state index >= 15 is 0 Å². The molecule has 0 saturated heterocycles. The molecule has 58 heavy (non-hydrogen) atoms. The Balaban J connectivity index is 0.000000311. The first-order chi connectivity index (χ1) is 28.3. The van der Waals surface area contributed by atoms with Gasteiger partial charge >= 0.3 is 0 Å². The summed E-state index contributed by atoms with van der Waals surface area (Å²) in [6, 6.07) is 21.1. The Kier molecular flexibility index (Phi) is 24.9. The maximum Gasteiger partial charge on any atom is 0.141 e. The van der Waals surface area contributed by atoms with Crippen molar-refractivity contribution in [3.8, 4) is 23.0 Å². The molecule has 6 heteroatoms. The monoisotopic (exact) mass is 924 g/mol. The van der Waals surface area contributed by atoms with Gasteiger partial charge in [0, 0.05) is 21.5 Å². The average molecular weight is 927 g/mol. The van der Waals surface area contributed by atoms with E-state index < -0.39 is 0 Å². The van der Waals surface area contributed by atoms with Gasteiger partial charge in [0.25, 0.3) is 0 Å². The second kappa shape index (κ2) is 28.9. The van der Waals surface area contributed by atoms with Crippen LogP contribution in [0.4, 0.5) is 0 Å². The van der Waals surface area contributed by atoms with Gasteiger partial charge in [0.15, 0.2) is 0 Å². The second-order valence-electron chi connectivity index (χ2n) is 16.4. The van der Waals surface area contributed by atoms with E-state index in [9.17, 15) is 0 Å². The minimum Gasteiger partial charge on any atom is -0.493 e. The van der Waals surface area contributed by atoms with Crippen molar-refractivity contribution < 1.29 is 18.9 Å². The molecule has 0 saturated carbocycles. The molecule has 0 amide bonds. The van der Waals surface area contributed by atoms with E-state index in [-0.39, 0.29) is 0 Å². The van der Waals surface area contributed by atoms with Crippen LogP contribution in [0.1, 0.15) is 158 Å². The Labute approximate surface area is 371 Å². The summed E-state index contributed by atoms with van der Waals surface area (Å²) in [4.78, 5) is 0. The SMILES string of the molecule is CCCCC(CC)COc1c(Br)ccc2c(OCC(CC)CCCC)c(Br)ccc12.CCCCC(CC)COc1cccc2c(OCC(CC)CCCC)cccc12. The van der Waals surface area contributed by atoms with Crippen LogP contribution in [0.3, 0.4) is 0 Å². The lowest BCUT2D eigenvalue weighted by molar-refractivity contribution is 0.232. The molecule has 0 aromatic heterocycles. The summed E-state index contributed by atoms with van der Waals surface area (Å²) in [5, 5.41) is 4.53. The van der Waals surface area contributed by atoms with Gasteiger partial charge in [-0.25, -0.2) is 0 Å². The van der Waals surface area contributed by atoms with Gasteiger partial charge in [0.2, 0.25) is 0 Å². The van der Waals surface area contributed by atoms with Crippen LogP contribution >= 0.6 is 31.9 Å². The van der Waals surface area contributed by atoms with Gasteiger partial charge in [-0.05, 0) is 118 Å². The van der Waals surface area contributed by atoms with Crippen LogP contribution in [-0.4, -0.2) is 26.4 Å². The number of benzene rings is 4. The summed E-state index contributed by atoms with van der Waals surface area (Å²) in [6.07, 6.45) is 19.7. The zero-order valence-electron chi connectivity index (χ0n) is 37.6. The van der Waals surface area contributed by atoms with Crippen molar-refractivity contribution in [3.63, 3.8) is 0 Å². The zero-order chi connectivity index (χ0) is 42.1. The fourth-order valence-corrected chi connectivity index (χ4v) is 8.43. The highest BCUT2D eigenvalue weighted by Crippen LogP contribution is 2.42. The smallest absolute Gasteiger partial charge is 0.141 e. The lowest BCUT2D eigenvalue weighted by Crippen LogP contribution is -2.12. The minimum atomic E-state index is 0.599. The van der Waals surface area contributed by atoms with Crippen LogP contribution in [0.25, 0.3) is 21.5 Å². The molecule has 324 valence electrons. The van der Waals surface area contributed by atoms with Gasteiger partial charge in [0.05, 0.1) is 35.4 Å². The standard InChI is InChI=1S/C26H38Br2O2.C26H40O2/c1-5-9-11-19(7-3)17-29-25-21-13-16-24(28)26(22(21)14-15-23(25)27)30-18-20(8-4)12-10-6-2;1-5-9-13-21(7-3)19-27-25-17-11-16-24-23(25)15-12-18-26(24)28-20-22(8-4)14-10-6-2/h13-16,19-20H,5-12,17-18H2,1-4H3;11-12,15-18,21-22H,5-10,13-14,19-20H2,1-4H3. The van der Waals surface area contributed by atoms with Gasteiger partial charge in [-0.3, -0.25) is 0 Å². The second-order valence-corrected chi connectivity index (χ2v) is 18.1. The number of halogens is 2. The van der Waals surface area contributed by atoms with Crippen LogP contribution in [0.5, 0.6) is 23.0 Å². The Hall–Kier alpha value is -2.44. The molecule has 0 radical (unpaired) electrons. The van der Waals surface area contributed by atoms with Gasteiger partial charge in [-0.15, -0.1) is 0 Å². The molecule has 0 aliphatic rings. The Morgan fingerprint density at radius 2 is 0.690 bits per heavy atom. The summed E-state index contributed by atoms with van der Waals surface area (Å²) in [5.41, 5.74) is 0. The van der Waals surface area contributed by atoms with Crippen molar-refractivity contribution in [2.45, 2.75) is 158 Å². The number of hydrogen-bond donors (Lipinski definition) is 0.